The van der Waals surface area contributed by atoms with Crippen molar-refractivity contribution < 1.29 is 4.42 Å². The Morgan fingerprint density at radius 2 is 2.00 bits per heavy atom. The van der Waals surface area contributed by atoms with Gasteiger partial charge in [-0.3, -0.25) is 4.40 Å². The summed E-state index contributed by atoms with van der Waals surface area (Å²) in [7, 11) is 0. The minimum atomic E-state index is 0.559. The minimum absolute atomic E-state index is 0.559. The van der Waals surface area contributed by atoms with E-state index < -0.39 is 0 Å². The molecule has 22 heavy (non-hydrogen) atoms. The van der Waals surface area contributed by atoms with E-state index in [9.17, 15) is 0 Å². The molecule has 0 aliphatic rings. The van der Waals surface area contributed by atoms with Crippen LogP contribution in [0.25, 0.3) is 17.0 Å². The molecule has 0 spiro atoms. The molecule has 0 saturated heterocycles. The van der Waals surface area contributed by atoms with E-state index in [-0.39, 0.29) is 0 Å². The monoisotopic (exact) mass is 291 g/mol. The van der Waals surface area contributed by atoms with Crippen LogP contribution in [0.2, 0.25) is 0 Å². The van der Waals surface area contributed by atoms with Crippen molar-refractivity contribution >= 4 is 11.6 Å². The van der Waals surface area contributed by atoms with Crippen LogP contribution in [0.1, 0.15) is 5.76 Å². The van der Waals surface area contributed by atoms with E-state index >= 15 is 0 Å². The summed E-state index contributed by atoms with van der Waals surface area (Å²) in [6, 6.07) is 15.8. The van der Waals surface area contributed by atoms with Crippen LogP contribution in [0.5, 0.6) is 0 Å². The smallest absolute Gasteiger partial charge is 0.256 e. The van der Waals surface area contributed by atoms with E-state index in [1.54, 1.807) is 12.6 Å². The number of fused-ring (bicyclic) bond motifs is 1. The van der Waals surface area contributed by atoms with Crippen LogP contribution in [0.15, 0.2) is 65.5 Å². The van der Waals surface area contributed by atoms with Gasteiger partial charge in [0.05, 0.1) is 18.5 Å². The first-order chi connectivity index (χ1) is 10.9. The average Bonchev–Trinajstić information content (AvgIpc) is 3.24. The molecule has 6 nitrogen and oxygen atoms in total. The van der Waals surface area contributed by atoms with Gasteiger partial charge in [-0.15, -0.1) is 10.2 Å². The van der Waals surface area contributed by atoms with Crippen molar-refractivity contribution in [2.24, 2.45) is 0 Å². The highest BCUT2D eigenvalue weighted by atomic mass is 16.3. The summed E-state index contributed by atoms with van der Waals surface area (Å²) in [6.07, 6.45) is 3.30. The summed E-state index contributed by atoms with van der Waals surface area (Å²) in [4.78, 5) is 4.54. The number of nitrogens with one attached hydrogen (secondary N) is 1. The number of rotatable bonds is 4. The number of furan rings is 1. The van der Waals surface area contributed by atoms with Crippen LogP contribution < -0.4 is 5.32 Å². The first-order valence-corrected chi connectivity index (χ1v) is 6.92. The topological polar surface area (TPSA) is 68.2 Å². The number of aromatic nitrogens is 4. The second kappa shape index (κ2) is 5.33. The maximum Gasteiger partial charge on any atom is 0.256 e. The van der Waals surface area contributed by atoms with Crippen molar-refractivity contribution in [1.82, 2.24) is 19.6 Å². The lowest BCUT2D eigenvalue weighted by Crippen LogP contribution is -2.05. The summed E-state index contributed by atoms with van der Waals surface area (Å²) in [6.45, 7) is 0.582. The number of nitrogens with zero attached hydrogens (tertiary/aromatic N) is 4. The summed E-state index contributed by atoms with van der Waals surface area (Å²) >= 11 is 0. The van der Waals surface area contributed by atoms with Crippen LogP contribution in [0.4, 0.5) is 5.82 Å². The molecule has 0 atom stereocenters. The van der Waals surface area contributed by atoms with Gasteiger partial charge >= 0.3 is 0 Å². The fourth-order valence-electron chi connectivity index (χ4n) is 2.30. The molecule has 0 aliphatic heterocycles. The minimum Gasteiger partial charge on any atom is -0.467 e. The fraction of sp³-hybridized carbons (Fsp3) is 0.0625. The highest BCUT2D eigenvalue weighted by molar-refractivity contribution is 5.65. The van der Waals surface area contributed by atoms with Crippen molar-refractivity contribution in [1.29, 1.82) is 0 Å². The highest BCUT2D eigenvalue weighted by Gasteiger charge is 2.09. The molecule has 4 aromatic rings. The summed E-state index contributed by atoms with van der Waals surface area (Å²) in [5.41, 5.74) is 1.89. The lowest BCUT2D eigenvalue weighted by Gasteiger charge is -2.09. The largest absolute Gasteiger partial charge is 0.467 e. The molecule has 0 radical (unpaired) electrons. The Kier molecular flexibility index (Phi) is 3.05. The highest BCUT2D eigenvalue weighted by Crippen LogP contribution is 2.21. The van der Waals surface area contributed by atoms with Crippen LogP contribution in [-0.4, -0.2) is 19.6 Å². The average molecular weight is 291 g/mol. The predicted octanol–water partition coefficient (Wildman–Crippen LogP) is 3.00. The van der Waals surface area contributed by atoms with E-state index in [0.717, 1.165) is 22.8 Å². The molecular formula is C16H13N5O. The molecule has 0 amide bonds. The molecule has 108 valence electrons. The zero-order valence-electron chi connectivity index (χ0n) is 11.7. The van der Waals surface area contributed by atoms with Gasteiger partial charge in [0.2, 0.25) is 0 Å². The summed E-state index contributed by atoms with van der Waals surface area (Å²) in [5, 5.41) is 11.3. The van der Waals surface area contributed by atoms with E-state index in [0.29, 0.717) is 12.3 Å². The molecule has 1 N–H and O–H groups in total. The van der Waals surface area contributed by atoms with Gasteiger partial charge in [0, 0.05) is 11.6 Å². The van der Waals surface area contributed by atoms with E-state index in [4.69, 9.17) is 4.42 Å². The van der Waals surface area contributed by atoms with E-state index in [1.807, 2.05) is 52.9 Å². The third-order valence-electron chi connectivity index (χ3n) is 3.38. The first kappa shape index (κ1) is 12.6. The standard InChI is InChI=1S/C16H13N5O/c1-2-5-12(6-3-1)14-9-15(17-10-13-7-4-8-22-13)21-11-18-20-16(21)19-14/h1-9,11,17H,10H2. The maximum atomic E-state index is 5.35. The molecule has 4 rings (SSSR count). The number of hydrogen-bond donors (Lipinski definition) is 1. The fourth-order valence-corrected chi connectivity index (χ4v) is 2.30. The first-order valence-electron chi connectivity index (χ1n) is 6.92. The zero-order chi connectivity index (χ0) is 14.8. The number of hydrogen-bond acceptors (Lipinski definition) is 5. The van der Waals surface area contributed by atoms with Gasteiger partial charge in [-0.05, 0) is 12.1 Å². The maximum absolute atomic E-state index is 5.35. The number of benzene rings is 1. The van der Waals surface area contributed by atoms with Crippen molar-refractivity contribution in [2.75, 3.05) is 5.32 Å². The van der Waals surface area contributed by atoms with Crippen molar-refractivity contribution in [3.8, 4) is 11.3 Å². The third kappa shape index (κ3) is 2.31. The Morgan fingerprint density at radius 3 is 2.82 bits per heavy atom. The van der Waals surface area contributed by atoms with Gasteiger partial charge in [-0.2, -0.15) is 0 Å². The lowest BCUT2D eigenvalue weighted by atomic mass is 10.1. The van der Waals surface area contributed by atoms with Crippen LogP contribution in [0, 0.1) is 0 Å². The van der Waals surface area contributed by atoms with Crippen LogP contribution in [0.3, 0.4) is 0 Å². The Hall–Kier alpha value is -3.15. The molecule has 3 heterocycles. The molecule has 0 saturated carbocycles. The van der Waals surface area contributed by atoms with Gasteiger partial charge < -0.3 is 9.73 Å². The lowest BCUT2D eigenvalue weighted by molar-refractivity contribution is 0.517. The van der Waals surface area contributed by atoms with Gasteiger partial charge in [0.25, 0.3) is 5.78 Å². The Bertz CT molecular complexity index is 883. The predicted molar refractivity (Wildman–Crippen MR) is 82.3 cm³/mol. The van der Waals surface area contributed by atoms with Gasteiger partial charge in [-0.25, -0.2) is 4.98 Å². The molecule has 6 heteroatoms. The van der Waals surface area contributed by atoms with Gasteiger partial charge in [-0.1, -0.05) is 30.3 Å². The molecule has 0 fully saturated rings. The quantitative estimate of drug-likeness (QED) is 0.626. The van der Waals surface area contributed by atoms with Crippen LogP contribution in [-0.2, 0) is 6.54 Å². The Morgan fingerprint density at radius 1 is 1.09 bits per heavy atom. The van der Waals surface area contributed by atoms with Crippen molar-refractivity contribution in [3.05, 3.63) is 66.9 Å². The Balaban J connectivity index is 1.74. The van der Waals surface area contributed by atoms with E-state index in [1.165, 1.54) is 0 Å². The SMILES string of the molecule is c1ccc(-c2cc(NCc3ccco3)n3cnnc3n2)cc1. The molecule has 0 aliphatic carbocycles. The second-order valence-corrected chi connectivity index (χ2v) is 4.83. The molecule has 1 aromatic carbocycles. The van der Waals surface area contributed by atoms with Crippen LogP contribution >= 0.6 is 0 Å². The molecule has 0 unspecified atom stereocenters. The van der Waals surface area contributed by atoms with E-state index in [2.05, 4.69) is 20.5 Å². The number of anilines is 1. The van der Waals surface area contributed by atoms with Crippen molar-refractivity contribution in [3.63, 3.8) is 0 Å². The Labute approximate surface area is 126 Å². The normalized spacial score (nSPS) is 10.9. The molecule has 3 aromatic heterocycles. The zero-order valence-corrected chi connectivity index (χ0v) is 11.7. The second-order valence-electron chi connectivity index (χ2n) is 4.83. The van der Waals surface area contributed by atoms with Crippen molar-refractivity contribution in [2.45, 2.75) is 6.54 Å². The molecular weight excluding hydrogens is 278 g/mol. The van der Waals surface area contributed by atoms with Gasteiger partial charge in [0.15, 0.2) is 0 Å². The summed E-state index contributed by atoms with van der Waals surface area (Å²) in [5.74, 6) is 2.29. The third-order valence-corrected chi connectivity index (χ3v) is 3.38. The molecule has 0 bridgehead atoms. The summed E-state index contributed by atoms with van der Waals surface area (Å²) < 4.78 is 7.16. The van der Waals surface area contributed by atoms with Gasteiger partial charge in [0.1, 0.15) is 17.9 Å².